The van der Waals surface area contributed by atoms with Gasteiger partial charge < -0.3 is 10.1 Å². The molecule has 4 heteroatoms. The average molecular weight is 219 g/mol. The van der Waals surface area contributed by atoms with Gasteiger partial charge in [0.05, 0.1) is 5.60 Å². The fourth-order valence-corrected chi connectivity index (χ4v) is 2.76. The van der Waals surface area contributed by atoms with Crippen LogP contribution in [0.5, 0.6) is 0 Å². The molecule has 1 aliphatic heterocycles. The van der Waals surface area contributed by atoms with Gasteiger partial charge in [0.1, 0.15) is 0 Å². The largest absolute Gasteiger partial charge is 0.377 e. The van der Waals surface area contributed by atoms with Crippen LogP contribution in [-0.4, -0.2) is 41.0 Å². The summed E-state index contributed by atoms with van der Waals surface area (Å²) in [5.41, 5.74) is -0.101. The second-order valence-electron chi connectivity index (χ2n) is 4.47. The van der Waals surface area contributed by atoms with Crippen molar-refractivity contribution in [2.45, 2.75) is 38.3 Å². The molecule has 0 unspecified atom stereocenters. The Labute approximate surface area is 89.1 Å². The van der Waals surface area contributed by atoms with Gasteiger partial charge in [0, 0.05) is 42.0 Å². The molecule has 1 saturated heterocycles. The molecule has 0 saturated carbocycles. The molecule has 0 amide bonds. The Morgan fingerprint density at radius 2 is 2.00 bits per heavy atom. The molecule has 1 rings (SSSR count). The molecule has 0 aromatic heterocycles. The SMILES string of the molecule is COC(C)(C)CNC1CCS(=O)CC1. The summed E-state index contributed by atoms with van der Waals surface area (Å²) in [6, 6.07) is 0.530. The Kier molecular flexibility index (Phi) is 4.54. The minimum absolute atomic E-state index is 0.101. The highest BCUT2D eigenvalue weighted by Crippen LogP contribution is 2.11. The van der Waals surface area contributed by atoms with Crippen molar-refractivity contribution >= 4 is 10.8 Å². The van der Waals surface area contributed by atoms with E-state index in [4.69, 9.17) is 4.74 Å². The Balaban J connectivity index is 2.22. The number of methoxy groups -OCH3 is 1. The molecule has 1 fully saturated rings. The van der Waals surface area contributed by atoms with Crippen LogP contribution in [0.3, 0.4) is 0 Å². The first kappa shape index (κ1) is 12.1. The predicted molar refractivity (Wildman–Crippen MR) is 60.0 cm³/mol. The lowest BCUT2D eigenvalue weighted by Gasteiger charge is -2.28. The van der Waals surface area contributed by atoms with Crippen LogP contribution in [0, 0.1) is 0 Å². The lowest BCUT2D eigenvalue weighted by Crippen LogP contribution is -2.44. The summed E-state index contributed by atoms with van der Waals surface area (Å²) in [6.07, 6.45) is 2.07. The van der Waals surface area contributed by atoms with E-state index in [1.54, 1.807) is 7.11 Å². The number of nitrogens with one attached hydrogen (secondary N) is 1. The minimum atomic E-state index is -0.559. The third-order valence-electron chi connectivity index (χ3n) is 2.76. The van der Waals surface area contributed by atoms with E-state index in [0.717, 1.165) is 30.9 Å². The monoisotopic (exact) mass is 219 g/mol. The molecule has 1 heterocycles. The highest BCUT2D eigenvalue weighted by molar-refractivity contribution is 7.85. The number of hydrogen-bond donors (Lipinski definition) is 1. The Bertz CT molecular complexity index is 196. The van der Waals surface area contributed by atoms with E-state index >= 15 is 0 Å². The van der Waals surface area contributed by atoms with Gasteiger partial charge in [0.15, 0.2) is 0 Å². The Hall–Kier alpha value is 0.0700. The van der Waals surface area contributed by atoms with E-state index in [2.05, 4.69) is 19.2 Å². The van der Waals surface area contributed by atoms with Crippen LogP contribution in [0.4, 0.5) is 0 Å². The van der Waals surface area contributed by atoms with Crippen molar-refractivity contribution in [3.05, 3.63) is 0 Å². The van der Waals surface area contributed by atoms with Gasteiger partial charge in [0.25, 0.3) is 0 Å². The molecule has 0 bridgehead atoms. The summed E-state index contributed by atoms with van der Waals surface area (Å²) in [6.45, 7) is 5.00. The first-order valence-corrected chi connectivity index (χ1v) is 6.66. The van der Waals surface area contributed by atoms with Gasteiger partial charge in [-0.2, -0.15) is 0 Å². The second-order valence-corrected chi connectivity index (χ2v) is 6.16. The van der Waals surface area contributed by atoms with Gasteiger partial charge in [-0.15, -0.1) is 0 Å². The molecule has 0 aromatic carbocycles. The van der Waals surface area contributed by atoms with Gasteiger partial charge in [-0.1, -0.05) is 0 Å². The van der Waals surface area contributed by atoms with Crippen LogP contribution < -0.4 is 5.32 Å². The molecular weight excluding hydrogens is 198 g/mol. The van der Waals surface area contributed by atoms with Gasteiger partial charge in [-0.3, -0.25) is 4.21 Å². The highest BCUT2D eigenvalue weighted by Gasteiger charge is 2.21. The van der Waals surface area contributed by atoms with Crippen molar-refractivity contribution in [2.24, 2.45) is 0 Å². The van der Waals surface area contributed by atoms with Crippen LogP contribution in [0.25, 0.3) is 0 Å². The zero-order valence-corrected chi connectivity index (χ0v) is 10.2. The summed E-state index contributed by atoms with van der Waals surface area (Å²) >= 11 is 0. The van der Waals surface area contributed by atoms with Crippen molar-refractivity contribution < 1.29 is 8.95 Å². The lowest BCUT2D eigenvalue weighted by atomic mass is 10.1. The smallest absolute Gasteiger partial charge is 0.0746 e. The normalized spacial score (nSPS) is 29.1. The second kappa shape index (κ2) is 5.24. The summed E-state index contributed by atoms with van der Waals surface area (Å²) in [5.74, 6) is 1.70. The van der Waals surface area contributed by atoms with E-state index in [1.165, 1.54) is 0 Å². The van der Waals surface area contributed by atoms with E-state index in [1.807, 2.05) is 0 Å². The Morgan fingerprint density at radius 3 is 2.50 bits per heavy atom. The van der Waals surface area contributed by atoms with Crippen molar-refractivity contribution in [3.63, 3.8) is 0 Å². The molecule has 1 N–H and O–H groups in total. The maximum atomic E-state index is 11.1. The topological polar surface area (TPSA) is 38.3 Å². The molecule has 3 nitrogen and oxygen atoms in total. The summed E-state index contributed by atoms with van der Waals surface area (Å²) < 4.78 is 16.5. The molecule has 0 atom stereocenters. The Morgan fingerprint density at radius 1 is 1.43 bits per heavy atom. The zero-order chi connectivity index (χ0) is 10.6. The van der Waals surface area contributed by atoms with E-state index < -0.39 is 10.8 Å². The molecule has 0 aliphatic carbocycles. The predicted octanol–water partition coefficient (Wildman–Crippen LogP) is 0.912. The fourth-order valence-electron chi connectivity index (χ4n) is 1.46. The van der Waals surface area contributed by atoms with Gasteiger partial charge in [0.2, 0.25) is 0 Å². The summed E-state index contributed by atoms with van der Waals surface area (Å²) in [5, 5.41) is 3.47. The molecule has 84 valence electrons. The molecular formula is C10H21NO2S. The van der Waals surface area contributed by atoms with Crippen molar-refractivity contribution in [3.8, 4) is 0 Å². The number of hydrogen-bond acceptors (Lipinski definition) is 3. The first-order chi connectivity index (χ1) is 6.53. The molecule has 14 heavy (non-hydrogen) atoms. The van der Waals surface area contributed by atoms with Crippen LogP contribution in [0.1, 0.15) is 26.7 Å². The molecule has 0 aromatic rings. The third kappa shape index (κ3) is 4.07. The quantitative estimate of drug-likeness (QED) is 0.764. The van der Waals surface area contributed by atoms with E-state index in [0.29, 0.717) is 6.04 Å². The maximum absolute atomic E-state index is 11.1. The van der Waals surface area contributed by atoms with Crippen LogP contribution in [-0.2, 0) is 15.5 Å². The van der Waals surface area contributed by atoms with Gasteiger partial charge >= 0.3 is 0 Å². The van der Waals surface area contributed by atoms with Crippen LogP contribution >= 0.6 is 0 Å². The molecule has 0 spiro atoms. The summed E-state index contributed by atoms with van der Waals surface area (Å²) in [4.78, 5) is 0. The van der Waals surface area contributed by atoms with Crippen LogP contribution in [0.15, 0.2) is 0 Å². The first-order valence-electron chi connectivity index (χ1n) is 5.17. The number of ether oxygens (including phenoxy) is 1. The maximum Gasteiger partial charge on any atom is 0.0746 e. The van der Waals surface area contributed by atoms with Crippen molar-refractivity contribution in [1.82, 2.24) is 5.32 Å². The van der Waals surface area contributed by atoms with E-state index in [-0.39, 0.29) is 5.60 Å². The van der Waals surface area contributed by atoms with Gasteiger partial charge in [-0.25, -0.2) is 0 Å². The molecule has 0 radical (unpaired) electrons. The minimum Gasteiger partial charge on any atom is -0.377 e. The number of rotatable bonds is 4. The molecule has 1 aliphatic rings. The van der Waals surface area contributed by atoms with Crippen molar-refractivity contribution in [2.75, 3.05) is 25.2 Å². The third-order valence-corrected chi connectivity index (χ3v) is 4.14. The highest BCUT2D eigenvalue weighted by atomic mass is 32.2. The van der Waals surface area contributed by atoms with Gasteiger partial charge in [-0.05, 0) is 26.7 Å². The van der Waals surface area contributed by atoms with Crippen LogP contribution in [0.2, 0.25) is 0 Å². The lowest BCUT2D eigenvalue weighted by molar-refractivity contribution is 0.0208. The average Bonchev–Trinajstić information content (AvgIpc) is 2.17. The summed E-state index contributed by atoms with van der Waals surface area (Å²) in [7, 11) is 1.18. The fraction of sp³-hybridized carbons (Fsp3) is 1.00. The van der Waals surface area contributed by atoms with E-state index in [9.17, 15) is 4.21 Å². The zero-order valence-electron chi connectivity index (χ0n) is 9.34. The standard InChI is InChI=1S/C10H21NO2S/c1-10(2,13-3)8-11-9-4-6-14(12)7-5-9/h9,11H,4-8H2,1-3H3. The van der Waals surface area contributed by atoms with Crippen molar-refractivity contribution in [1.29, 1.82) is 0 Å².